The molecule has 5 N–H and O–H groups in total. The molecule has 2 rings (SSSR count). The van der Waals surface area contributed by atoms with Gasteiger partial charge >= 0.3 is 0 Å². The fraction of sp³-hybridized carbons (Fsp3) is 0.696. The van der Waals surface area contributed by atoms with E-state index >= 15 is 0 Å². The van der Waals surface area contributed by atoms with Gasteiger partial charge in [0.1, 0.15) is 18.4 Å². The molecule has 75 heavy (non-hydrogen) atoms. The highest BCUT2D eigenvalue weighted by atomic mass is 16.5. The van der Waals surface area contributed by atoms with E-state index in [1.54, 1.807) is 44.4 Å². The number of imide groups is 1. The Kier molecular flexibility index (Phi) is 34.5. The molecule has 8 amide bonds. The number of anilines is 1. The second-order valence-electron chi connectivity index (χ2n) is 20.4. The van der Waals surface area contributed by atoms with Crippen LogP contribution in [0.4, 0.5) is 5.69 Å². The predicted octanol–water partition coefficient (Wildman–Crippen LogP) is 5.31. The summed E-state index contributed by atoms with van der Waals surface area (Å²) in [5.74, 6) is -2.38. The molecule has 1 heterocycles. The van der Waals surface area contributed by atoms with E-state index in [1.165, 1.54) is 33.1 Å². The summed E-state index contributed by atoms with van der Waals surface area (Å²) in [5, 5.41) is 13.3. The van der Waals surface area contributed by atoms with Gasteiger partial charge in [0.15, 0.2) is 0 Å². The first-order chi connectivity index (χ1) is 35.2. The highest BCUT2D eigenvalue weighted by Crippen LogP contribution is 2.24. The Bertz CT molecular complexity index is 1970. The average Bonchev–Trinajstić information content (AvgIpc) is 3.66. The molecule has 1 aromatic carbocycles. The molecule has 19 nitrogen and oxygen atoms in total. The predicted molar refractivity (Wildman–Crippen MR) is 294 cm³/mol. The maximum atomic E-state index is 12.9. The van der Waals surface area contributed by atoms with Gasteiger partial charge in [0, 0.05) is 52.1 Å². The average molecular weight is 1060 g/mol. The minimum atomic E-state index is -0.996. The molecule has 9 unspecified atom stereocenters. The lowest BCUT2D eigenvalue weighted by atomic mass is 9.87. The summed E-state index contributed by atoms with van der Waals surface area (Å²) < 4.78 is 11.3. The fourth-order valence-electron chi connectivity index (χ4n) is 8.70. The van der Waals surface area contributed by atoms with Crippen LogP contribution in [-0.2, 0) is 59.0 Å². The number of hydrogen-bond donors (Lipinski definition) is 5. The fourth-order valence-corrected chi connectivity index (χ4v) is 8.70. The molecule has 19 heteroatoms. The molecule has 1 aromatic rings. The lowest BCUT2D eigenvalue weighted by Gasteiger charge is -2.37. The molecule has 1 aliphatic heterocycles. The number of carbonyl (C=O) groups is 9. The number of Topliss-reactive ketones (excluding diaryl/α,β-unsaturated/α-hetero) is 1. The maximum Gasteiger partial charge on any atom is 0.254 e. The molecule has 0 fully saturated rings. The first kappa shape index (κ1) is 69.5. The molecule has 1 aliphatic rings. The van der Waals surface area contributed by atoms with E-state index in [2.05, 4.69) is 61.2 Å². The van der Waals surface area contributed by atoms with E-state index in [0.29, 0.717) is 24.6 Å². The molecule has 0 radical (unpaired) electrons. The Hall–Kier alpha value is -5.53. The van der Waals surface area contributed by atoms with Crippen LogP contribution in [0.25, 0.3) is 0 Å². The van der Waals surface area contributed by atoms with Gasteiger partial charge in [-0.15, -0.1) is 0 Å². The van der Waals surface area contributed by atoms with E-state index in [4.69, 9.17) is 9.47 Å². The van der Waals surface area contributed by atoms with Gasteiger partial charge in [-0.1, -0.05) is 113 Å². The Labute approximate surface area is 449 Å². The van der Waals surface area contributed by atoms with E-state index in [0.717, 1.165) is 41.9 Å². The molecule has 0 aromatic heterocycles. The smallest absolute Gasteiger partial charge is 0.254 e. The highest BCUT2D eigenvalue weighted by molar-refractivity contribution is 6.14. The van der Waals surface area contributed by atoms with E-state index in [-0.39, 0.29) is 91.0 Å². The van der Waals surface area contributed by atoms with Crippen molar-refractivity contribution in [3.8, 4) is 0 Å². The van der Waals surface area contributed by atoms with Crippen LogP contribution >= 0.6 is 0 Å². The van der Waals surface area contributed by atoms with Gasteiger partial charge in [0.2, 0.25) is 35.4 Å². The number of rotatable bonds is 31. The van der Waals surface area contributed by atoms with Gasteiger partial charge < -0.3 is 41.0 Å². The number of carbonyl (C=O) groups excluding carboxylic acids is 9. The number of methoxy groups -OCH3 is 2. The van der Waals surface area contributed by atoms with Gasteiger partial charge in [-0.2, -0.15) is 0 Å². The molecule has 426 valence electrons. The summed E-state index contributed by atoms with van der Waals surface area (Å²) in [6.07, 6.45) is 8.99. The first-order valence-corrected chi connectivity index (χ1v) is 26.8. The number of benzene rings is 1. The third kappa shape index (κ3) is 26.2. The minimum Gasteiger partial charge on any atom is -0.380 e. The molecular formula is C56H96N8O11. The minimum absolute atomic E-state index is 0.0232. The lowest BCUT2D eigenvalue weighted by Crippen LogP contribution is -2.54. The van der Waals surface area contributed by atoms with Crippen LogP contribution in [0.3, 0.4) is 0 Å². The van der Waals surface area contributed by atoms with Crippen molar-refractivity contribution < 1.29 is 52.6 Å². The first-order valence-electron chi connectivity index (χ1n) is 26.8. The topological polar surface area (TPSA) is 242 Å². The number of hydrogen-bond acceptors (Lipinski definition) is 12. The SMILES string of the molecule is CCC.CCC(C)C(C(CC(C)=O)OC)N(C)C(=O)CNC(=O)C(C(C)C)N(C)C.CCC(C)CCCC(C)C(OC)C(C)C(=O)NCCc1cccc(NC(=O)CNC(=O)C(C)NC(=O)CN2C(=O)C=CC2=O)c1. The molecule has 0 spiro atoms. The molecule has 0 saturated carbocycles. The molecular weight excluding hydrogens is 961 g/mol. The van der Waals surface area contributed by atoms with E-state index < -0.39 is 42.1 Å². The molecule has 0 bridgehead atoms. The van der Waals surface area contributed by atoms with Crippen LogP contribution in [0.15, 0.2) is 36.4 Å². The van der Waals surface area contributed by atoms with Crippen molar-refractivity contribution in [2.45, 2.75) is 165 Å². The van der Waals surface area contributed by atoms with Crippen molar-refractivity contribution in [2.24, 2.45) is 29.6 Å². The van der Waals surface area contributed by atoms with Gasteiger partial charge in [-0.25, -0.2) is 0 Å². The summed E-state index contributed by atoms with van der Waals surface area (Å²) >= 11 is 0. The number of ketones is 1. The number of nitrogens with zero attached hydrogens (tertiary/aromatic N) is 3. The summed E-state index contributed by atoms with van der Waals surface area (Å²) in [6, 6.07) is 5.68. The normalized spacial score (nSPS) is 15.6. The quantitative estimate of drug-likeness (QED) is 0.0595. The van der Waals surface area contributed by atoms with Crippen LogP contribution in [0, 0.1) is 29.6 Å². The van der Waals surface area contributed by atoms with E-state index in [9.17, 15) is 43.2 Å². The largest absolute Gasteiger partial charge is 0.380 e. The second-order valence-corrected chi connectivity index (χ2v) is 20.4. The van der Waals surface area contributed by atoms with Crippen LogP contribution in [0.2, 0.25) is 0 Å². The van der Waals surface area contributed by atoms with Crippen LogP contribution < -0.4 is 26.6 Å². The summed E-state index contributed by atoms with van der Waals surface area (Å²) in [7, 11) is 8.63. The molecule has 0 saturated heterocycles. The van der Waals surface area contributed by atoms with Crippen molar-refractivity contribution in [1.82, 2.24) is 36.0 Å². The Morgan fingerprint density at radius 3 is 1.84 bits per heavy atom. The molecule has 9 atom stereocenters. The third-order valence-corrected chi connectivity index (χ3v) is 13.2. The van der Waals surface area contributed by atoms with Crippen LogP contribution in [-0.4, -0.2) is 160 Å². The van der Waals surface area contributed by atoms with Gasteiger partial charge in [0.25, 0.3) is 11.8 Å². The molecule has 0 aliphatic carbocycles. The standard InChI is InChI=1S/C33H49N5O7.C20H39N3O4.C3H8/c1-7-21(2)10-8-11-22(3)31(45-6)23(4)32(43)34-17-16-25-12-9-13-26(18-25)37-27(39)19-35-33(44)24(5)36-28(40)20-38-29(41)14-15-30(38)42;1-10-14(4)19(16(27-9)11-15(5)24)23(8)17(25)12-21-20(26)18(13(2)3)22(6)7;1-3-2/h9,12-15,18,21-24,31H,7-8,10-11,16-17,19-20H2,1-6H3,(H,34,43)(H,35,44)(H,36,40)(H,37,39);13-14,16,18-19H,10-12H2,1-9H3,(H,21,26);3H2,1-2H3. The van der Waals surface area contributed by atoms with Crippen molar-refractivity contribution >= 4 is 58.7 Å². The van der Waals surface area contributed by atoms with Crippen LogP contribution in [0.5, 0.6) is 0 Å². The zero-order valence-corrected chi connectivity index (χ0v) is 48.6. The van der Waals surface area contributed by atoms with Crippen molar-refractivity contribution in [3.63, 3.8) is 0 Å². The maximum absolute atomic E-state index is 12.9. The van der Waals surface area contributed by atoms with Gasteiger partial charge in [0.05, 0.1) is 43.3 Å². The highest BCUT2D eigenvalue weighted by Gasteiger charge is 2.34. The number of amides is 8. The second kappa shape index (κ2) is 37.3. The number of nitrogens with one attached hydrogen (secondary N) is 5. The zero-order valence-electron chi connectivity index (χ0n) is 48.6. The van der Waals surface area contributed by atoms with Gasteiger partial charge in [-0.3, -0.25) is 53.0 Å². The number of likely N-dealkylation sites (N-methyl/N-ethyl adjacent to an activating group) is 2. The number of ether oxygens (including phenoxy) is 2. The Morgan fingerprint density at radius 2 is 1.32 bits per heavy atom. The monoisotopic (exact) mass is 1060 g/mol. The van der Waals surface area contributed by atoms with Gasteiger partial charge in [-0.05, 0) is 82.2 Å². The van der Waals surface area contributed by atoms with Crippen molar-refractivity contribution in [1.29, 1.82) is 0 Å². The van der Waals surface area contributed by atoms with Crippen molar-refractivity contribution in [2.75, 3.05) is 66.9 Å². The summed E-state index contributed by atoms with van der Waals surface area (Å²) in [6.45, 7) is 23.2. The van der Waals surface area contributed by atoms with Crippen molar-refractivity contribution in [3.05, 3.63) is 42.0 Å². The third-order valence-electron chi connectivity index (χ3n) is 13.2. The van der Waals surface area contributed by atoms with E-state index in [1.807, 2.05) is 59.7 Å². The Morgan fingerprint density at radius 1 is 0.720 bits per heavy atom. The Balaban J connectivity index is 0.00000156. The zero-order chi connectivity index (χ0) is 57.5. The van der Waals surface area contributed by atoms with Crippen LogP contribution in [0.1, 0.15) is 134 Å². The summed E-state index contributed by atoms with van der Waals surface area (Å²) in [5.41, 5.74) is 1.44. The summed E-state index contributed by atoms with van der Waals surface area (Å²) in [4.78, 5) is 114. The lowest BCUT2D eigenvalue weighted by molar-refractivity contribution is -0.141.